The van der Waals surface area contributed by atoms with Crippen LogP contribution in [0.5, 0.6) is 5.75 Å². The average Bonchev–Trinajstić information content (AvgIpc) is 3.01. The van der Waals surface area contributed by atoms with Crippen LogP contribution < -0.4 is 27.0 Å². The first-order valence-electron chi connectivity index (χ1n) is 13.0. The van der Waals surface area contributed by atoms with E-state index >= 15 is 0 Å². The van der Waals surface area contributed by atoms with E-state index in [2.05, 4.69) is 30.6 Å². The minimum atomic E-state index is -0.951. The number of amides is 3. The van der Waals surface area contributed by atoms with Crippen molar-refractivity contribution in [1.29, 1.82) is 0 Å². The Labute approximate surface area is 245 Å². The zero-order chi connectivity index (χ0) is 30.9. The highest BCUT2D eigenvalue weighted by Crippen LogP contribution is 2.19. The normalized spacial score (nSPS) is 11.4. The maximum Gasteiger partial charge on any atom is 0.328 e. The van der Waals surface area contributed by atoms with Crippen molar-refractivity contribution in [3.8, 4) is 5.75 Å². The van der Waals surface area contributed by atoms with Gasteiger partial charge in [-0.15, -0.1) is 0 Å². The number of nitrogens with zero attached hydrogens (tertiary/aromatic N) is 5. The summed E-state index contributed by atoms with van der Waals surface area (Å²) in [4.78, 5) is 67.1. The summed E-state index contributed by atoms with van der Waals surface area (Å²) in [6.45, 7) is 0.296. The van der Waals surface area contributed by atoms with Crippen LogP contribution in [0.2, 0.25) is 0 Å². The number of esters is 1. The molecule has 0 fully saturated rings. The molecule has 0 radical (unpaired) electrons. The second-order valence-corrected chi connectivity index (χ2v) is 9.27. The van der Waals surface area contributed by atoms with Gasteiger partial charge >= 0.3 is 5.97 Å². The summed E-state index contributed by atoms with van der Waals surface area (Å²) in [5, 5.41) is 14.7. The highest BCUT2D eigenvalue weighted by molar-refractivity contribution is 5.97. The van der Waals surface area contributed by atoms with Gasteiger partial charge in [-0.2, -0.15) is 9.97 Å². The van der Waals surface area contributed by atoms with Gasteiger partial charge in [0, 0.05) is 23.4 Å². The molecule has 0 aliphatic carbocycles. The summed E-state index contributed by atoms with van der Waals surface area (Å²) < 4.78 is 4.83. The van der Waals surface area contributed by atoms with Crippen LogP contribution in [0.3, 0.4) is 0 Å². The predicted octanol–water partition coefficient (Wildman–Crippen LogP) is 0.934. The van der Waals surface area contributed by atoms with E-state index < -0.39 is 17.9 Å². The number of nitrogens with two attached hydrogens (primary N) is 2. The molecule has 0 saturated heterocycles. The Bertz CT molecular complexity index is 1630. The molecule has 7 N–H and O–H groups in total. The third kappa shape index (κ3) is 7.66. The Morgan fingerprint density at radius 1 is 1.00 bits per heavy atom. The number of carbonyl (C=O) groups is 4. The fourth-order valence-electron chi connectivity index (χ4n) is 4.08. The third-order valence-electron chi connectivity index (χ3n) is 6.30. The van der Waals surface area contributed by atoms with Crippen LogP contribution in [0.1, 0.15) is 39.3 Å². The van der Waals surface area contributed by atoms with Gasteiger partial charge in [0.1, 0.15) is 11.8 Å². The largest absolute Gasteiger partial charge is 0.508 e. The smallest absolute Gasteiger partial charge is 0.328 e. The Morgan fingerprint density at radius 2 is 1.67 bits per heavy atom. The van der Waals surface area contributed by atoms with Crippen molar-refractivity contribution in [3.63, 3.8) is 0 Å². The molecule has 222 valence electrons. The van der Waals surface area contributed by atoms with Crippen LogP contribution in [0.25, 0.3) is 11.2 Å². The van der Waals surface area contributed by atoms with Crippen molar-refractivity contribution < 1.29 is 29.0 Å². The number of phenolic OH excluding ortho intramolecular Hbond substituents is 1. The van der Waals surface area contributed by atoms with Crippen LogP contribution in [0.15, 0.2) is 54.7 Å². The fraction of sp³-hybridized carbons (Fsp3) is 0.214. The molecule has 4 aromatic rings. The summed E-state index contributed by atoms with van der Waals surface area (Å²) in [5.41, 5.74) is 13.5. The van der Waals surface area contributed by atoms with Crippen molar-refractivity contribution in [3.05, 3.63) is 71.5 Å². The van der Waals surface area contributed by atoms with Crippen molar-refractivity contribution in [2.24, 2.45) is 0 Å². The molecule has 2 aromatic heterocycles. The van der Waals surface area contributed by atoms with Crippen molar-refractivity contribution in [1.82, 2.24) is 30.6 Å². The standard InChI is InChI=1S/C28H29N9O6/c1-43-27(42)21(3-2-12-31-25(40)16-6-10-20(39)11-7-16)34-26(41)17-4-8-19(9-5-17)37(15-38)14-18-13-32-24-22(33-18)23(29)35-28(30)36-24/h4-11,13,15,21,39H,2-3,12,14H2,1H3,(H,31,40)(H,34,41)(H4,29,30,32,35,36)/t21-/m0/s1. The van der Waals surface area contributed by atoms with Crippen LogP contribution >= 0.6 is 0 Å². The number of hydrogen-bond acceptors (Lipinski definition) is 12. The van der Waals surface area contributed by atoms with E-state index in [1.54, 1.807) is 12.1 Å². The van der Waals surface area contributed by atoms with Gasteiger partial charge < -0.3 is 36.8 Å². The van der Waals surface area contributed by atoms with Crippen molar-refractivity contribution in [2.75, 3.05) is 30.0 Å². The molecule has 0 aliphatic rings. The number of rotatable bonds is 12. The van der Waals surface area contributed by atoms with Crippen molar-refractivity contribution >= 4 is 52.8 Å². The third-order valence-corrected chi connectivity index (χ3v) is 6.30. The maximum absolute atomic E-state index is 12.9. The Morgan fingerprint density at radius 3 is 2.35 bits per heavy atom. The number of methoxy groups -OCH3 is 1. The number of benzene rings is 2. The highest BCUT2D eigenvalue weighted by Gasteiger charge is 2.22. The number of aromatic hydroxyl groups is 1. The molecule has 15 nitrogen and oxygen atoms in total. The predicted molar refractivity (Wildman–Crippen MR) is 156 cm³/mol. The van der Waals surface area contributed by atoms with E-state index in [1.807, 2.05) is 0 Å². The first kappa shape index (κ1) is 30.1. The second-order valence-electron chi connectivity index (χ2n) is 9.27. The quantitative estimate of drug-likeness (QED) is 0.0886. The number of anilines is 3. The van der Waals surface area contributed by atoms with Gasteiger partial charge in [-0.3, -0.25) is 14.4 Å². The average molecular weight is 588 g/mol. The van der Waals surface area contributed by atoms with E-state index in [4.69, 9.17) is 16.2 Å². The van der Waals surface area contributed by atoms with Gasteiger partial charge in [0.15, 0.2) is 17.0 Å². The maximum atomic E-state index is 12.9. The number of phenols is 1. The molecule has 0 unspecified atom stereocenters. The number of carbonyl (C=O) groups excluding carboxylic acids is 4. The molecule has 43 heavy (non-hydrogen) atoms. The molecule has 1 atom stereocenters. The van der Waals surface area contributed by atoms with E-state index in [0.29, 0.717) is 29.8 Å². The summed E-state index contributed by atoms with van der Waals surface area (Å²) in [7, 11) is 1.22. The molecule has 0 spiro atoms. The topological polar surface area (TPSA) is 229 Å². The number of nitrogens with one attached hydrogen (secondary N) is 2. The lowest BCUT2D eigenvalue weighted by Gasteiger charge is -2.19. The molecule has 15 heteroatoms. The van der Waals surface area contributed by atoms with Crippen LogP contribution in [-0.2, 0) is 20.9 Å². The van der Waals surface area contributed by atoms with Gasteiger partial charge in [-0.05, 0) is 61.4 Å². The molecule has 2 aromatic carbocycles. The molecule has 2 heterocycles. The highest BCUT2D eigenvalue weighted by atomic mass is 16.5. The SMILES string of the molecule is COC(=O)[C@H](CCCNC(=O)c1ccc(O)cc1)NC(=O)c1ccc(N(C=O)Cc2cnc3nc(N)nc(N)c3n2)cc1. The zero-order valence-electron chi connectivity index (χ0n) is 23.1. The number of hydrogen-bond donors (Lipinski definition) is 5. The molecular formula is C28H29N9O6. The van der Waals surface area contributed by atoms with Crippen LogP contribution in [0, 0.1) is 0 Å². The van der Waals surface area contributed by atoms with Gasteiger partial charge in [0.2, 0.25) is 12.4 Å². The lowest BCUT2D eigenvalue weighted by molar-refractivity contribution is -0.143. The van der Waals surface area contributed by atoms with E-state index in [9.17, 15) is 24.3 Å². The van der Waals surface area contributed by atoms with Gasteiger partial charge in [0.05, 0.1) is 25.5 Å². The first-order chi connectivity index (χ1) is 20.7. The molecule has 0 aliphatic heterocycles. The summed E-state index contributed by atoms with van der Waals surface area (Å²) in [5.74, 6) is -1.41. The van der Waals surface area contributed by atoms with Gasteiger partial charge in [0.25, 0.3) is 11.8 Å². The summed E-state index contributed by atoms with van der Waals surface area (Å²) in [6.07, 6.45) is 2.63. The Hall–Kier alpha value is -5.86. The molecule has 4 rings (SSSR count). The molecule has 0 saturated carbocycles. The fourth-order valence-corrected chi connectivity index (χ4v) is 4.08. The summed E-state index contributed by atoms with van der Waals surface area (Å²) in [6, 6.07) is 11.0. The van der Waals surface area contributed by atoms with Crippen molar-refractivity contribution in [2.45, 2.75) is 25.4 Å². The monoisotopic (exact) mass is 587 g/mol. The van der Waals surface area contributed by atoms with Gasteiger partial charge in [-0.25, -0.2) is 14.8 Å². The summed E-state index contributed by atoms with van der Waals surface area (Å²) >= 11 is 0. The zero-order valence-corrected chi connectivity index (χ0v) is 23.1. The number of ether oxygens (including phenoxy) is 1. The number of fused-ring (bicyclic) bond motifs is 1. The number of nitrogen functional groups attached to an aromatic ring is 2. The minimum absolute atomic E-state index is 0.0286. The Balaban J connectivity index is 1.34. The van der Waals surface area contributed by atoms with Crippen LogP contribution in [-0.4, -0.2) is 68.9 Å². The Kier molecular flexibility index (Phi) is 9.57. The minimum Gasteiger partial charge on any atom is -0.508 e. The van der Waals surface area contributed by atoms with E-state index in [0.717, 1.165) is 0 Å². The lowest BCUT2D eigenvalue weighted by atomic mass is 10.1. The molecule has 0 bridgehead atoms. The second kappa shape index (κ2) is 13.7. The molecule has 3 amide bonds. The lowest BCUT2D eigenvalue weighted by Crippen LogP contribution is -2.42. The molecular weight excluding hydrogens is 558 g/mol. The van der Waals surface area contributed by atoms with E-state index in [-0.39, 0.29) is 59.7 Å². The number of aromatic nitrogens is 4. The first-order valence-corrected chi connectivity index (χ1v) is 13.0. The van der Waals surface area contributed by atoms with Gasteiger partial charge in [-0.1, -0.05) is 0 Å². The van der Waals surface area contributed by atoms with Crippen LogP contribution in [0.4, 0.5) is 17.5 Å². The van der Waals surface area contributed by atoms with E-state index in [1.165, 1.54) is 54.6 Å².